The van der Waals surface area contributed by atoms with Gasteiger partial charge in [-0.1, -0.05) is 30.3 Å². The molecule has 4 nitrogen and oxygen atoms in total. The van der Waals surface area contributed by atoms with Gasteiger partial charge < -0.3 is 15.2 Å². The highest BCUT2D eigenvalue weighted by Gasteiger charge is 2.16. The van der Waals surface area contributed by atoms with Gasteiger partial charge in [0.2, 0.25) is 0 Å². The number of thiophene rings is 1. The summed E-state index contributed by atoms with van der Waals surface area (Å²) < 4.78 is 5.18. The summed E-state index contributed by atoms with van der Waals surface area (Å²) >= 11 is 1.38. The number of hydrogen-bond donors (Lipinski definition) is 2. The largest absolute Gasteiger partial charge is 0.495 e. The van der Waals surface area contributed by atoms with Gasteiger partial charge in [-0.15, -0.1) is 11.3 Å². The number of nitrogens with one attached hydrogen (secondary N) is 1. The first-order valence-electron chi connectivity index (χ1n) is 6.74. The Morgan fingerprint density at radius 3 is 2.76 bits per heavy atom. The van der Waals surface area contributed by atoms with Crippen LogP contribution in [0.3, 0.4) is 0 Å². The van der Waals surface area contributed by atoms with Gasteiger partial charge in [0, 0.05) is 17.8 Å². The molecule has 1 amide bonds. The molecule has 0 bridgehead atoms. The van der Waals surface area contributed by atoms with E-state index in [1.54, 1.807) is 7.11 Å². The van der Waals surface area contributed by atoms with Gasteiger partial charge in [0.15, 0.2) is 0 Å². The SMILES string of the molecule is COc1cc(C)sc1C(=O)NC[C@@H](O)Cc1ccccc1. The zero-order chi connectivity index (χ0) is 15.2. The van der Waals surface area contributed by atoms with E-state index in [2.05, 4.69) is 5.32 Å². The molecule has 1 atom stereocenters. The van der Waals surface area contributed by atoms with Crippen molar-refractivity contribution in [3.05, 3.63) is 51.7 Å². The minimum atomic E-state index is -0.608. The van der Waals surface area contributed by atoms with E-state index in [0.717, 1.165) is 10.4 Å². The fourth-order valence-electron chi connectivity index (χ4n) is 2.05. The molecule has 2 rings (SSSR count). The molecule has 21 heavy (non-hydrogen) atoms. The Bertz CT molecular complexity index is 595. The van der Waals surface area contributed by atoms with Crippen LogP contribution in [0.25, 0.3) is 0 Å². The number of hydrogen-bond acceptors (Lipinski definition) is 4. The van der Waals surface area contributed by atoms with Gasteiger partial charge in [-0.2, -0.15) is 0 Å². The Kier molecular flexibility index (Phi) is 5.36. The third-order valence-corrected chi connectivity index (χ3v) is 4.09. The molecular formula is C16H19NO3S. The van der Waals surface area contributed by atoms with Crippen molar-refractivity contribution in [2.24, 2.45) is 0 Å². The van der Waals surface area contributed by atoms with E-state index in [1.807, 2.05) is 43.3 Å². The van der Waals surface area contributed by atoms with Gasteiger partial charge in [-0.25, -0.2) is 0 Å². The highest BCUT2D eigenvalue weighted by molar-refractivity contribution is 7.14. The molecule has 0 unspecified atom stereocenters. The Morgan fingerprint density at radius 2 is 2.10 bits per heavy atom. The van der Waals surface area contributed by atoms with Crippen LogP contribution in [0.2, 0.25) is 0 Å². The zero-order valence-corrected chi connectivity index (χ0v) is 12.9. The Hall–Kier alpha value is -1.85. The van der Waals surface area contributed by atoms with Crippen molar-refractivity contribution in [2.45, 2.75) is 19.4 Å². The van der Waals surface area contributed by atoms with Crippen molar-refractivity contribution < 1.29 is 14.6 Å². The zero-order valence-electron chi connectivity index (χ0n) is 12.1. The summed E-state index contributed by atoms with van der Waals surface area (Å²) in [5.41, 5.74) is 1.05. The molecule has 0 radical (unpaired) electrons. The molecule has 0 aliphatic heterocycles. The molecule has 112 valence electrons. The van der Waals surface area contributed by atoms with Crippen LogP contribution < -0.4 is 10.1 Å². The van der Waals surface area contributed by atoms with Gasteiger partial charge in [0.05, 0.1) is 13.2 Å². The number of amides is 1. The van der Waals surface area contributed by atoms with E-state index in [0.29, 0.717) is 17.0 Å². The number of carbonyl (C=O) groups excluding carboxylic acids is 1. The van der Waals surface area contributed by atoms with E-state index < -0.39 is 6.10 Å². The molecule has 0 aliphatic carbocycles. The fourth-order valence-corrected chi connectivity index (χ4v) is 2.95. The van der Waals surface area contributed by atoms with Crippen LogP contribution in [-0.4, -0.2) is 30.8 Å². The van der Waals surface area contributed by atoms with Crippen molar-refractivity contribution in [1.29, 1.82) is 0 Å². The van der Waals surface area contributed by atoms with Gasteiger partial charge in [0.25, 0.3) is 5.91 Å². The van der Waals surface area contributed by atoms with Crippen molar-refractivity contribution in [2.75, 3.05) is 13.7 Å². The van der Waals surface area contributed by atoms with Crippen LogP contribution in [-0.2, 0) is 6.42 Å². The predicted molar refractivity (Wildman–Crippen MR) is 84.1 cm³/mol. The standard InChI is InChI=1S/C16H19NO3S/c1-11-8-14(20-2)15(21-11)16(19)17-10-13(18)9-12-6-4-3-5-7-12/h3-8,13,18H,9-10H2,1-2H3,(H,17,19)/t13-/m0/s1. The molecule has 0 aliphatic rings. The van der Waals surface area contributed by atoms with Gasteiger partial charge in [-0.05, 0) is 18.6 Å². The summed E-state index contributed by atoms with van der Waals surface area (Å²) in [6, 6.07) is 11.5. The monoisotopic (exact) mass is 305 g/mol. The topological polar surface area (TPSA) is 58.6 Å². The molecule has 0 fully saturated rings. The van der Waals surface area contributed by atoms with Crippen LogP contribution in [0.4, 0.5) is 0 Å². The number of aryl methyl sites for hydroxylation is 1. The van der Waals surface area contributed by atoms with Crippen molar-refractivity contribution in [3.63, 3.8) is 0 Å². The van der Waals surface area contributed by atoms with Crippen molar-refractivity contribution in [1.82, 2.24) is 5.32 Å². The first kappa shape index (κ1) is 15.5. The second-order valence-corrected chi connectivity index (χ2v) is 6.06. The molecule has 2 aromatic rings. The molecular weight excluding hydrogens is 286 g/mol. The van der Waals surface area contributed by atoms with Crippen LogP contribution in [0.1, 0.15) is 20.1 Å². The van der Waals surface area contributed by atoms with Crippen LogP contribution in [0, 0.1) is 6.92 Å². The van der Waals surface area contributed by atoms with Crippen molar-refractivity contribution in [3.8, 4) is 5.75 Å². The van der Waals surface area contributed by atoms with E-state index >= 15 is 0 Å². The number of rotatable bonds is 6. The quantitative estimate of drug-likeness (QED) is 0.861. The highest BCUT2D eigenvalue weighted by atomic mass is 32.1. The van der Waals surface area contributed by atoms with E-state index in [1.165, 1.54) is 11.3 Å². The lowest BCUT2D eigenvalue weighted by Gasteiger charge is -2.12. The molecule has 0 saturated carbocycles. The molecule has 1 aromatic heterocycles. The summed E-state index contributed by atoms with van der Waals surface area (Å²) in [6.45, 7) is 2.14. The van der Waals surface area contributed by atoms with Crippen LogP contribution >= 0.6 is 11.3 Å². The second-order valence-electron chi connectivity index (χ2n) is 4.81. The maximum Gasteiger partial charge on any atom is 0.265 e. The van der Waals surface area contributed by atoms with Crippen molar-refractivity contribution >= 4 is 17.2 Å². The lowest BCUT2D eigenvalue weighted by atomic mass is 10.1. The average molecular weight is 305 g/mol. The van der Waals surface area contributed by atoms with Gasteiger partial charge in [-0.3, -0.25) is 4.79 Å². The van der Waals surface area contributed by atoms with E-state index in [-0.39, 0.29) is 12.5 Å². The lowest BCUT2D eigenvalue weighted by molar-refractivity contribution is 0.0917. The number of ether oxygens (including phenoxy) is 1. The lowest BCUT2D eigenvalue weighted by Crippen LogP contribution is -2.32. The number of carbonyl (C=O) groups is 1. The predicted octanol–water partition coefficient (Wildman–Crippen LogP) is 2.40. The van der Waals surface area contributed by atoms with Crippen LogP contribution in [0.5, 0.6) is 5.75 Å². The van der Waals surface area contributed by atoms with E-state index in [4.69, 9.17) is 4.74 Å². The normalized spacial score (nSPS) is 12.0. The summed E-state index contributed by atoms with van der Waals surface area (Å²) in [5.74, 6) is 0.365. The smallest absolute Gasteiger partial charge is 0.265 e. The van der Waals surface area contributed by atoms with Crippen LogP contribution in [0.15, 0.2) is 36.4 Å². The third kappa shape index (κ3) is 4.31. The highest BCUT2D eigenvalue weighted by Crippen LogP contribution is 2.28. The number of methoxy groups -OCH3 is 1. The molecule has 0 saturated heterocycles. The molecule has 1 heterocycles. The minimum absolute atomic E-state index is 0.211. The third-order valence-electron chi connectivity index (χ3n) is 3.06. The summed E-state index contributed by atoms with van der Waals surface area (Å²) in [6.07, 6.45) is -0.0924. The number of aliphatic hydroxyl groups excluding tert-OH is 1. The number of benzene rings is 1. The molecule has 5 heteroatoms. The molecule has 1 aromatic carbocycles. The summed E-state index contributed by atoms with van der Waals surface area (Å²) in [5, 5.41) is 12.7. The maximum atomic E-state index is 12.1. The second kappa shape index (κ2) is 7.24. The fraction of sp³-hybridized carbons (Fsp3) is 0.312. The maximum absolute atomic E-state index is 12.1. The van der Waals surface area contributed by atoms with E-state index in [9.17, 15) is 9.90 Å². The minimum Gasteiger partial charge on any atom is -0.495 e. The first-order valence-corrected chi connectivity index (χ1v) is 7.56. The Labute approximate surface area is 128 Å². The Morgan fingerprint density at radius 1 is 1.38 bits per heavy atom. The molecule has 2 N–H and O–H groups in total. The molecule has 0 spiro atoms. The summed E-state index contributed by atoms with van der Waals surface area (Å²) in [7, 11) is 1.54. The Balaban J connectivity index is 1.88. The first-order chi connectivity index (χ1) is 10.1. The summed E-state index contributed by atoms with van der Waals surface area (Å²) in [4.78, 5) is 13.7. The van der Waals surface area contributed by atoms with Gasteiger partial charge >= 0.3 is 0 Å². The average Bonchev–Trinajstić information content (AvgIpc) is 2.87. The van der Waals surface area contributed by atoms with Gasteiger partial charge in [0.1, 0.15) is 10.6 Å². The number of aliphatic hydroxyl groups is 1.